The van der Waals surface area contributed by atoms with E-state index in [0.717, 1.165) is 88.8 Å². The summed E-state index contributed by atoms with van der Waals surface area (Å²) >= 11 is 0. The van der Waals surface area contributed by atoms with Gasteiger partial charge >= 0.3 is 0 Å². The topological polar surface area (TPSA) is 0 Å². The minimum atomic E-state index is 0.885. The molecule has 1 saturated carbocycles. The summed E-state index contributed by atoms with van der Waals surface area (Å²) in [4.78, 5) is 0. The molecular weight excluding hydrogens is 1730 g/mol. The zero-order chi connectivity index (χ0) is 106. The van der Waals surface area contributed by atoms with Gasteiger partial charge in [0.15, 0.2) is 0 Å². The van der Waals surface area contributed by atoms with Crippen LogP contribution in [0.1, 0.15) is 839 Å². The largest absolute Gasteiger partial charge is 0.0654 e. The second kappa shape index (κ2) is 123. The normalized spacial score (nSPS) is 15.8. The van der Waals surface area contributed by atoms with Crippen LogP contribution in [-0.2, 0) is 0 Å². The van der Waals surface area contributed by atoms with Crippen molar-refractivity contribution in [2.75, 3.05) is 0 Å². The third-order valence-corrected chi connectivity index (χ3v) is 36.5. The molecule has 0 radical (unpaired) electrons. The van der Waals surface area contributed by atoms with Crippen molar-refractivity contribution in [1.29, 1.82) is 0 Å². The van der Waals surface area contributed by atoms with E-state index in [0.29, 0.717) is 0 Å². The van der Waals surface area contributed by atoms with Gasteiger partial charge in [-0.15, -0.1) is 0 Å². The van der Waals surface area contributed by atoms with Crippen molar-refractivity contribution in [3.63, 3.8) is 0 Å². The van der Waals surface area contributed by atoms with Crippen molar-refractivity contribution < 1.29 is 0 Å². The van der Waals surface area contributed by atoms with Crippen LogP contribution in [0.4, 0.5) is 0 Å². The Morgan fingerprint density at radius 2 is 0.243 bits per heavy atom. The lowest BCUT2D eigenvalue weighted by Crippen LogP contribution is -2.19. The lowest BCUT2D eigenvalue weighted by atomic mass is 9.74. The summed E-state index contributed by atoms with van der Waals surface area (Å²) in [6.45, 7) is 50.6. The van der Waals surface area contributed by atoms with Gasteiger partial charge < -0.3 is 0 Å². The average molecular weight is 2030 g/mol. The highest BCUT2D eigenvalue weighted by Crippen LogP contribution is 2.38. The van der Waals surface area contributed by atoms with Crippen molar-refractivity contribution >= 4 is 0 Å². The Hall–Kier alpha value is 0. The third kappa shape index (κ3) is 124. The van der Waals surface area contributed by atoms with Gasteiger partial charge in [0.2, 0.25) is 0 Å². The van der Waals surface area contributed by atoms with Gasteiger partial charge in [-0.1, -0.05) is 839 Å². The molecular formula is C144H294. The molecule has 0 heterocycles. The lowest BCUT2D eigenvalue weighted by Gasteiger charge is -2.31. The Balaban J connectivity index is -0.00000184. The Bertz CT molecular complexity index is 2220. The molecule has 0 aliphatic heterocycles. The summed E-state index contributed by atoms with van der Waals surface area (Å²) in [5, 5.41) is 0. The van der Waals surface area contributed by atoms with Crippen LogP contribution in [-0.4, -0.2) is 0 Å². The minimum Gasteiger partial charge on any atom is -0.0654 e. The van der Waals surface area contributed by atoms with E-state index >= 15 is 0 Å². The molecule has 0 nitrogen and oxygen atoms in total. The van der Waals surface area contributed by atoms with Crippen molar-refractivity contribution in [2.24, 2.45) is 88.8 Å². The van der Waals surface area contributed by atoms with Crippen LogP contribution < -0.4 is 0 Å². The second-order valence-electron chi connectivity index (χ2n) is 53.7. The Kier molecular flexibility index (Phi) is 127. The van der Waals surface area contributed by atoms with E-state index in [2.05, 4.69) is 145 Å². The number of hydrogen-bond acceptors (Lipinski definition) is 0. The number of hydrogen-bond donors (Lipinski definition) is 0. The van der Waals surface area contributed by atoms with Gasteiger partial charge in [-0.2, -0.15) is 0 Å². The molecule has 870 valence electrons. The van der Waals surface area contributed by atoms with Crippen LogP contribution in [0.5, 0.6) is 0 Å². The maximum absolute atomic E-state index is 2.51. The zero-order valence-corrected chi connectivity index (χ0v) is 106. The highest BCUT2D eigenvalue weighted by molar-refractivity contribution is 4.77. The number of rotatable bonds is 114. The Labute approximate surface area is 921 Å². The van der Waals surface area contributed by atoms with E-state index in [1.165, 1.54) is 674 Å². The van der Waals surface area contributed by atoms with E-state index in [-0.39, 0.29) is 0 Å². The first-order valence-electron chi connectivity index (χ1n) is 70.2. The summed E-state index contributed by atoms with van der Waals surface area (Å²) < 4.78 is 0. The SMILES string of the molecule is CC(C)CCCCC(C)CCCCCCCCCC(C)CCCCCCCC(C)CCCCC(C)C.CCC(C)CCCCC(C)CCCCCCCCC(C)CCCCCCC(C)CCCCC(C)CC.CCCCC1CCCCC1CCCCCCCCCCCCCCCC(C)CCCCC(C)CCC.CCCCCCCCCCCCCCCCCCC(C)CCCCCCCCCCCCCCCC. The van der Waals surface area contributed by atoms with Gasteiger partial charge in [0.05, 0.1) is 0 Å². The van der Waals surface area contributed by atoms with E-state index in [9.17, 15) is 0 Å². The van der Waals surface area contributed by atoms with Gasteiger partial charge in [0.1, 0.15) is 0 Å². The van der Waals surface area contributed by atoms with E-state index in [1.54, 1.807) is 19.3 Å². The molecule has 0 aromatic heterocycles. The fourth-order valence-corrected chi connectivity index (χ4v) is 24.7. The fraction of sp³-hybridized carbons (Fsp3) is 1.00. The van der Waals surface area contributed by atoms with Gasteiger partial charge in [0.25, 0.3) is 0 Å². The molecule has 0 N–H and O–H groups in total. The molecule has 0 amide bonds. The van der Waals surface area contributed by atoms with Crippen molar-refractivity contribution in [3.05, 3.63) is 0 Å². The van der Waals surface area contributed by atoms with E-state index in [1.807, 2.05) is 0 Å². The first-order valence-corrected chi connectivity index (χ1v) is 70.2. The molecule has 0 bridgehead atoms. The van der Waals surface area contributed by atoms with Crippen molar-refractivity contribution in [3.8, 4) is 0 Å². The highest BCUT2D eigenvalue weighted by atomic mass is 14.3. The van der Waals surface area contributed by atoms with E-state index < -0.39 is 0 Å². The average Bonchev–Trinajstić information content (AvgIpc) is 0.890. The third-order valence-electron chi connectivity index (χ3n) is 36.5. The maximum atomic E-state index is 2.51. The first kappa shape index (κ1) is 148. The van der Waals surface area contributed by atoms with Gasteiger partial charge in [-0.3, -0.25) is 0 Å². The van der Waals surface area contributed by atoms with Crippen LogP contribution in [0.2, 0.25) is 0 Å². The zero-order valence-electron chi connectivity index (χ0n) is 106. The molecule has 0 heteroatoms. The molecule has 1 aliphatic carbocycles. The van der Waals surface area contributed by atoms with Crippen LogP contribution in [0.3, 0.4) is 0 Å². The first-order chi connectivity index (χ1) is 70.2. The van der Waals surface area contributed by atoms with Gasteiger partial charge in [0, 0.05) is 0 Å². The summed E-state index contributed by atoms with van der Waals surface area (Å²) in [6, 6.07) is 0. The molecule has 0 aromatic rings. The lowest BCUT2D eigenvalue weighted by molar-refractivity contribution is 0.203. The molecule has 144 heavy (non-hydrogen) atoms. The van der Waals surface area contributed by atoms with Crippen molar-refractivity contribution in [2.45, 2.75) is 839 Å². The summed E-state index contributed by atoms with van der Waals surface area (Å²) in [6.07, 6.45) is 159. The highest BCUT2D eigenvalue weighted by Gasteiger charge is 2.24. The molecule has 0 spiro atoms. The fourth-order valence-electron chi connectivity index (χ4n) is 24.7. The summed E-state index contributed by atoms with van der Waals surface area (Å²) in [7, 11) is 0. The smallest absolute Gasteiger partial charge is 0.0386 e. The van der Waals surface area contributed by atoms with Crippen LogP contribution >= 0.6 is 0 Å². The van der Waals surface area contributed by atoms with Crippen LogP contribution in [0.15, 0.2) is 0 Å². The second-order valence-corrected chi connectivity index (χ2v) is 53.7. The van der Waals surface area contributed by atoms with Crippen LogP contribution in [0, 0.1) is 88.8 Å². The number of unbranched alkanes of at least 4 members (excludes halogenated alkanes) is 64. The molecule has 13 atom stereocenters. The van der Waals surface area contributed by atoms with Crippen LogP contribution in [0.25, 0.3) is 0 Å². The maximum Gasteiger partial charge on any atom is -0.0386 e. The monoisotopic (exact) mass is 2020 g/mol. The molecule has 1 fully saturated rings. The summed E-state index contributed by atoms with van der Waals surface area (Å²) in [5.74, 6) is 14.4. The predicted molar refractivity (Wildman–Crippen MR) is 670 cm³/mol. The molecule has 0 saturated heterocycles. The predicted octanol–water partition coefficient (Wildman–Crippen LogP) is 54.8. The van der Waals surface area contributed by atoms with Gasteiger partial charge in [-0.05, 0) is 88.8 Å². The molecule has 13 unspecified atom stereocenters. The van der Waals surface area contributed by atoms with Crippen molar-refractivity contribution in [1.82, 2.24) is 0 Å². The Morgan fingerprint density at radius 1 is 0.118 bits per heavy atom. The quantitative estimate of drug-likeness (QED) is 0.0533. The molecule has 1 rings (SSSR count). The molecule has 0 aromatic carbocycles. The van der Waals surface area contributed by atoms with Gasteiger partial charge in [-0.25, -0.2) is 0 Å². The minimum absolute atomic E-state index is 0.885. The standard InChI is InChI=1S/C36H72.3C36H74/c1-5-7-29-35-31-23-24-32-36(35)30-20-18-16-14-12-10-8-9-11-13-15-17-19-26-34(4)28-22-21-27-33(3)25-6-2;1-32(2)24-20-22-30-35(6)28-17-13-10-8-9-12-16-26-34(5)27-18-14-11-15-19-29-36(7)31-23-21-25-33(3)4;1-8-32(3)24-20-22-30-35(6)27-17-13-11-10-12-16-26-34(5)28-18-14-15-19-29-36(7)31-23-21-25-33(4)9-2;1-4-6-8-10-12-14-16-18-20-21-23-25-27-29-31-33-35-36(3)34-32-30-28-26-24-22-19-17-15-13-11-9-7-5-2/h33-36H,5-32H2,1-4H3;2*32-36H,8-31H2,1-7H3;36H,4-35H2,1-3H3. The Morgan fingerprint density at radius 3 is 0.396 bits per heavy atom. The van der Waals surface area contributed by atoms with E-state index in [4.69, 9.17) is 0 Å². The summed E-state index contributed by atoms with van der Waals surface area (Å²) in [5.41, 5.74) is 0. The molecule has 1 aliphatic rings.